The summed E-state index contributed by atoms with van der Waals surface area (Å²) >= 11 is 0. The van der Waals surface area contributed by atoms with Crippen LogP contribution in [-0.2, 0) is 4.79 Å². The predicted molar refractivity (Wildman–Crippen MR) is 59.4 cm³/mol. The number of carbonyl (C=O) groups excluding carboxylic acids is 1. The zero-order valence-corrected chi connectivity index (χ0v) is 9.62. The van der Waals surface area contributed by atoms with Gasteiger partial charge in [0.15, 0.2) is 0 Å². The van der Waals surface area contributed by atoms with Crippen molar-refractivity contribution in [2.75, 3.05) is 19.7 Å². The molecule has 1 heterocycles. The number of amides is 1. The molecular formula is C11H22N2O2. The minimum absolute atomic E-state index is 0.128. The molecule has 0 aromatic carbocycles. The van der Waals surface area contributed by atoms with Crippen LogP contribution in [0, 0.1) is 11.8 Å². The van der Waals surface area contributed by atoms with Gasteiger partial charge in [0.25, 0.3) is 0 Å². The normalized spacial score (nSPS) is 28.5. The van der Waals surface area contributed by atoms with Crippen LogP contribution in [0.1, 0.15) is 26.7 Å². The van der Waals surface area contributed by atoms with Gasteiger partial charge in [0, 0.05) is 25.1 Å². The van der Waals surface area contributed by atoms with Gasteiger partial charge in [-0.1, -0.05) is 6.92 Å². The molecule has 1 amide bonds. The summed E-state index contributed by atoms with van der Waals surface area (Å²) in [5.74, 6) is 0.434. The van der Waals surface area contributed by atoms with Gasteiger partial charge in [-0.3, -0.25) is 4.79 Å². The molecule has 3 N–H and O–H groups in total. The van der Waals surface area contributed by atoms with Crippen LogP contribution in [0.4, 0.5) is 0 Å². The molecule has 3 atom stereocenters. The molecule has 1 rings (SSSR count). The lowest BCUT2D eigenvalue weighted by Crippen LogP contribution is -2.43. The third kappa shape index (κ3) is 4.18. The van der Waals surface area contributed by atoms with E-state index in [1.807, 2.05) is 6.92 Å². The topological polar surface area (TPSA) is 61.4 Å². The highest BCUT2D eigenvalue weighted by Crippen LogP contribution is 2.15. The molecule has 4 heteroatoms. The van der Waals surface area contributed by atoms with Gasteiger partial charge in [0.2, 0.25) is 5.91 Å². The van der Waals surface area contributed by atoms with Gasteiger partial charge >= 0.3 is 0 Å². The Balaban J connectivity index is 2.26. The van der Waals surface area contributed by atoms with E-state index >= 15 is 0 Å². The summed E-state index contributed by atoms with van der Waals surface area (Å²) in [7, 11) is 0. The second kappa shape index (κ2) is 6.08. The zero-order valence-electron chi connectivity index (χ0n) is 9.62. The average molecular weight is 214 g/mol. The van der Waals surface area contributed by atoms with Crippen molar-refractivity contribution in [3.8, 4) is 0 Å². The van der Waals surface area contributed by atoms with Crippen LogP contribution < -0.4 is 10.6 Å². The first-order chi connectivity index (χ1) is 7.13. The highest BCUT2D eigenvalue weighted by atomic mass is 16.3. The molecule has 0 aromatic rings. The standard InChI is InChI=1S/C11H22N2O2/c1-8(7-14)6-13-11(15)10-3-4-12-9(2)5-10/h8-10,12,14H,3-7H2,1-2H3,(H,13,15). The van der Waals surface area contributed by atoms with Gasteiger partial charge in [-0.2, -0.15) is 0 Å². The molecule has 0 saturated carbocycles. The molecule has 0 aliphatic carbocycles. The van der Waals surface area contributed by atoms with E-state index in [0.29, 0.717) is 12.6 Å². The molecule has 15 heavy (non-hydrogen) atoms. The molecule has 1 fully saturated rings. The molecule has 0 spiro atoms. The highest BCUT2D eigenvalue weighted by molar-refractivity contribution is 5.78. The first-order valence-corrected chi connectivity index (χ1v) is 5.75. The van der Waals surface area contributed by atoms with E-state index in [2.05, 4.69) is 17.6 Å². The molecular weight excluding hydrogens is 192 g/mol. The van der Waals surface area contributed by atoms with Gasteiger partial charge in [-0.15, -0.1) is 0 Å². The minimum Gasteiger partial charge on any atom is -0.396 e. The molecule has 1 saturated heterocycles. The number of nitrogens with one attached hydrogen (secondary N) is 2. The molecule has 1 aliphatic heterocycles. The van der Waals surface area contributed by atoms with E-state index in [-0.39, 0.29) is 24.3 Å². The summed E-state index contributed by atoms with van der Waals surface area (Å²) in [6.07, 6.45) is 1.84. The number of aliphatic hydroxyl groups excluding tert-OH is 1. The second-order valence-electron chi connectivity index (χ2n) is 4.61. The predicted octanol–water partition coefficient (Wildman–Crippen LogP) is 0.119. The van der Waals surface area contributed by atoms with Crippen LogP contribution in [0.15, 0.2) is 0 Å². The summed E-state index contributed by atoms with van der Waals surface area (Å²) in [5, 5.41) is 15.1. The number of piperidine rings is 1. The lowest BCUT2D eigenvalue weighted by atomic mass is 9.92. The smallest absolute Gasteiger partial charge is 0.223 e. The number of rotatable bonds is 4. The number of carbonyl (C=O) groups is 1. The van der Waals surface area contributed by atoms with Gasteiger partial charge < -0.3 is 15.7 Å². The van der Waals surface area contributed by atoms with Crippen LogP contribution >= 0.6 is 0 Å². The Morgan fingerprint density at radius 3 is 3.00 bits per heavy atom. The summed E-state index contributed by atoms with van der Waals surface area (Å²) in [6, 6.07) is 0.435. The van der Waals surface area contributed by atoms with E-state index in [1.54, 1.807) is 0 Å². The summed E-state index contributed by atoms with van der Waals surface area (Å²) in [5.41, 5.74) is 0. The summed E-state index contributed by atoms with van der Waals surface area (Å²) in [6.45, 7) is 5.66. The van der Waals surface area contributed by atoms with Crippen molar-refractivity contribution >= 4 is 5.91 Å². The molecule has 0 radical (unpaired) electrons. The summed E-state index contributed by atoms with van der Waals surface area (Å²) in [4.78, 5) is 11.7. The largest absolute Gasteiger partial charge is 0.396 e. The Labute approximate surface area is 91.4 Å². The Bertz CT molecular complexity index is 209. The fourth-order valence-electron chi connectivity index (χ4n) is 1.85. The van der Waals surface area contributed by atoms with Gasteiger partial charge in [0.05, 0.1) is 0 Å². The van der Waals surface area contributed by atoms with Crippen molar-refractivity contribution in [1.82, 2.24) is 10.6 Å². The molecule has 4 nitrogen and oxygen atoms in total. The van der Waals surface area contributed by atoms with Crippen LogP contribution in [0.25, 0.3) is 0 Å². The third-order valence-corrected chi connectivity index (χ3v) is 2.93. The third-order valence-electron chi connectivity index (χ3n) is 2.93. The lowest BCUT2D eigenvalue weighted by molar-refractivity contribution is -0.126. The molecule has 0 bridgehead atoms. The van der Waals surface area contributed by atoms with E-state index in [1.165, 1.54) is 0 Å². The van der Waals surface area contributed by atoms with E-state index in [4.69, 9.17) is 5.11 Å². The maximum atomic E-state index is 11.7. The van der Waals surface area contributed by atoms with E-state index in [0.717, 1.165) is 19.4 Å². The monoisotopic (exact) mass is 214 g/mol. The SMILES string of the molecule is CC(CO)CNC(=O)C1CCNC(C)C1. The molecule has 0 aromatic heterocycles. The Morgan fingerprint density at radius 2 is 2.40 bits per heavy atom. The van der Waals surface area contributed by atoms with Crippen LogP contribution in [0.3, 0.4) is 0 Å². The van der Waals surface area contributed by atoms with E-state index in [9.17, 15) is 4.79 Å². The van der Waals surface area contributed by atoms with Crippen molar-refractivity contribution in [2.45, 2.75) is 32.7 Å². The Morgan fingerprint density at radius 1 is 1.67 bits per heavy atom. The number of aliphatic hydroxyl groups is 1. The minimum atomic E-state index is 0.128. The maximum absolute atomic E-state index is 11.7. The lowest BCUT2D eigenvalue weighted by Gasteiger charge is -2.27. The van der Waals surface area contributed by atoms with Crippen molar-refractivity contribution < 1.29 is 9.90 Å². The van der Waals surface area contributed by atoms with Crippen molar-refractivity contribution in [2.24, 2.45) is 11.8 Å². The molecule has 88 valence electrons. The van der Waals surface area contributed by atoms with Crippen molar-refractivity contribution in [3.05, 3.63) is 0 Å². The molecule has 3 unspecified atom stereocenters. The van der Waals surface area contributed by atoms with Crippen LogP contribution in [0.5, 0.6) is 0 Å². The fraction of sp³-hybridized carbons (Fsp3) is 0.909. The first-order valence-electron chi connectivity index (χ1n) is 5.75. The van der Waals surface area contributed by atoms with Crippen LogP contribution in [0.2, 0.25) is 0 Å². The van der Waals surface area contributed by atoms with Crippen molar-refractivity contribution in [1.29, 1.82) is 0 Å². The average Bonchev–Trinajstić information content (AvgIpc) is 2.25. The maximum Gasteiger partial charge on any atom is 0.223 e. The molecule has 1 aliphatic rings. The number of hydrogen-bond acceptors (Lipinski definition) is 3. The van der Waals surface area contributed by atoms with Gasteiger partial charge in [0.1, 0.15) is 0 Å². The van der Waals surface area contributed by atoms with E-state index < -0.39 is 0 Å². The quantitative estimate of drug-likeness (QED) is 0.623. The van der Waals surface area contributed by atoms with Gasteiger partial charge in [-0.05, 0) is 32.2 Å². The second-order valence-corrected chi connectivity index (χ2v) is 4.61. The Hall–Kier alpha value is -0.610. The van der Waals surface area contributed by atoms with Gasteiger partial charge in [-0.25, -0.2) is 0 Å². The highest BCUT2D eigenvalue weighted by Gasteiger charge is 2.24. The fourth-order valence-corrected chi connectivity index (χ4v) is 1.85. The summed E-state index contributed by atoms with van der Waals surface area (Å²) < 4.78 is 0. The van der Waals surface area contributed by atoms with Crippen LogP contribution in [-0.4, -0.2) is 36.8 Å². The first kappa shape index (κ1) is 12.5. The number of hydrogen-bond donors (Lipinski definition) is 3. The Kier molecular flexibility index (Phi) is 5.05. The zero-order chi connectivity index (χ0) is 11.3. The van der Waals surface area contributed by atoms with Crippen molar-refractivity contribution in [3.63, 3.8) is 0 Å².